The van der Waals surface area contributed by atoms with Crippen molar-refractivity contribution in [2.24, 2.45) is 0 Å². The van der Waals surface area contributed by atoms with Crippen LogP contribution in [0.3, 0.4) is 0 Å². The van der Waals surface area contributed by atoms with Crippen molar-refractivity contribution in [3.05, 3.63) is 53.1 Å². The first-order valence-corrected chi connectivity index (χ1v) is 6.72. The molecule has 2 N–H and O–H groups in total. The number of benzene rings is 2. The maximum absolute atomic E-state index is 11.2. The number of halogens is 1. The summed E-state index contributed by atoms with van der Waals surface area (Å²) in [5.74, 6) is -1.07. The van der Waals surface area contributed by atoms with Gasteiger partial charge in [-0.1, -0.05) is 41.9 Å². The van der Waals surface area contributed by atoms with Crippen LogP contribution in [0.4, 0.5) is 5.69 Å². The molecule has 0 saturated heterocycles. The summed E-state index contributed by atoms with van der Waals surface area (Å²) in [6, 6.07) is 12.6. The van der Waals surface area contributed by atoms with E-state index in [4.69, 9.17) is 16.7 Å². The van der Waals surface area contributed by atoms with Gasteiger partial charge in [-0.05, 0) is 28.8 Å². The minimum atomic E-state index is -0.873. The van der Waals surface area contributed by atoms with E-state index in [2.05, 4.69) is 5.32 Å². The molecular formula is C16H14ClNO3. The van der Waals surface area contributed by atoms with E-state index in [0.29, 0.717) is 10.7 Å². The van der Waals surface area contributed by atoms with E-state index in [1.165, 1.54) is 6.92 Å². The monoisotopic (exact) mass is 303 g/mol. The first kappa shape index (κ1) is 15.1. The lowest BCUT2D eigenvalue weighted by molar-refractivity contribution is -0.136. The number of carbonyl (C=O) groups is 2. The smallest absolute Gasteiger partial charge is 0.307 e. The van der Waals surface area contributed by atoms with Crippen molar-refractivity contribution in [1.82, 2.24) is 0 Å². The fraction of sp³-hybridized carbons (Fsp3) is 0.125. The van der Waals surface area contributed by atoms with Gasteiger partial charge in [0, 0.05) is 6.92 Å². The van der Waals surface area contributed by atoms with Crippen molar-refractivity contribution in [2.75, 3.05) is 5.32 Å². The average molecular weight is 304 g/mol. The lowest BCUT2D eigenvalue weighted by Gasteiger charge is -2.09. The number of aliphatic carboxylic acids is 1. The first-order valence-electron chi connectivity index (χ1n) is 6.34. The number of anilines is 1. The van der Waals surface area contributed by atoms with E-state index in [-0.39, 0.29) is 12.3 Å². The summed E-state index contributed by atoms with van der Waals surface area (Å²) in [5, 5.41) is 12.0. The van der Waals surface area contributed by atoms with E-state index in [0.717, 1.165) is 16.7 Å². The van der Waals surface area contributed by atoms with Crippen LogP contribution in [0.5, 0.6) is 0 Å². The molecule has 0 saturated carbocycles. The maximum Gasteiger partial charge on any atom is 0.307 e. The van der Waals surface area contributed by atoms with Crippen molar-refractivity contribution in [3.63, 3.8) is 0 Å². The topological polar surface area (TPSA) is 66.4 Å². The van der Waals surface area contributed by atoms with Crippen molar-refractivity contribution in [3.8, 4) is 11.1 Å². The van der Waals surface area contributed by atoms with Gasteiger partial charge in [0.15, 0.2) is 0 Å². The number of carbonyl (C=O) groups excluding carboxylic acids is 1. The number of hydrogen-bond acceptors (Lipinski definition) is 2. The van der Waals surface area contributed by atoms with Gasteiger partial charge >= 0.3 is 5.97 Å². The van der Waals surface area contributed by atoms with Crippen LogP contribution in [0.25, 0.3) is 11.1 Å². The Morgan fingerprint density at radius 2 is 1.86 bits per heavy atom. The molecule has 0 heterocycles. The van der Waals surface area contributed by atoms with E-state index >= 15 is 0 Å². The lowest BCUT2D eigenvalue weighted by atomic mass is 10.0. The first-order chi connectivity index (χ1) is 9.95. The minimum absolute atomic E-state index is 0.0278. The molecule has 0 aromatic heterocycles. The van der Waals surface area contributed by atoms with Crippen LogP contribution in [0, 0.1) is 0 Å². The largest absolute Gasteiger partial charge is 0.481 e. The quantitative estimate of drug-likeness (QED) is 0.907. The molecule has 0 bridgehead atoms. The summed E-state index contributed by atoms with van der Waals surface area (Å²) in [6.07, 6.45) is -0.0278. The molecule has 1 amide bonds. The molecule has 0 aliphatic rings. The van der Waals surface area contributed by atoms with Crippen LogP contribution in [0.1, 0.15) is 12.5 Å². The Morgan fingerprint density at radius 1 is 1.14 bits per heavy atom. The zero-order valence-corrected chi connectivity index (χ0v) is 12.1. The van der Waals surface area contributed by atoms with E-state index in [1.54, 1.807) is 24.3 Å². The van der Waals surface area contributed by atoms with E-state index < -0.39 is 5.97 Å². The zero-order valence-electron chi connectivity index (χ0n) is 11.4. The Balaban J connectivity index is 2.37. The third-order valence-corrected chi connectivity index (χ3v) is 3.22. The standard InChI is InChI=1S/C16H14ClNO3/c1-10(19)18-15-9-13(5-6-14(15)17)12-4-2-3-11(7-12)8-16(20)21/h2-7,9H,8H2,1H3,(H,18,19)(H,20,21). The summed E-state index contributed by atoms with van der Waals surface area (Å²) in [5.41, 5.74) is 2.98. The van der Waals surface area contributed by atoms with Gasteiger partial charge < -0.3 is 10.4 Å². The molecule has 0 radical (unpaired) electrons. The van der Waals surface area contributed by atoms with Crippen LogP contribution < -0.4 is 5.32 Å². The normalized spacial score (nSPS) is 10.2. The summed E-state index contributed by atoms with van der Waals surface area (Å²) in [6.45, 7) is 1.41. The van der Waals surface area contributed by atoms with Crippen molar-refractivity contribution in [1.29, 1.82) is 0 Å². The van der Waals surface area contributed by atoms with Crippen molar-refractivity contribution < 1.29 is 14.7 Å². The maximum atomic E-state index is 11.2. The predicted octanol–water partition coefficient (Wildman–Crippen LogP) is 3.59. The molecule has 21 heavy (non-hydrogen) atoms. The number of carboxylic acid groups (broad SMARTS) is 1. The second kappa shape index (κ2) is 6.41. The highest BCUT2D eigenvalue weighted by molar-refractivity contribution is 6.33. The van der Waals surface area contributed by atoms with Crippen LogP contribution in [0.15, 0.2) is 42.5 Å². The predicted molar refractivity (Wildman–Crippen MR) is 82.5 cm³/mol. The molecule has 108 valence electrons. The number of hydrogen-bond donors (Lipinski definition) is 2. The molecule has 0 aliphatic heterocycles. The average Bonchev–Trinajstić information content (AvgIpc) is 2.40. The Labute approximate surface area is 127 Å². The number of nitrogens with one attached hydrogen (secondary N) is 1. The summed E-state index contributed by atoms with van der Waals surface area (Å²) >= 11 is 6.04. The molecule has 0 atom stereocenters. The highest BCUT2D eigenvalue weighted by Crippen LogP contribution is 2.29. The third kappa shape index (κ3) is 4.07. The minimum Gasteiger partial charge on any atom is -0.481 e. The Bertz CT molecular complexity index is 698. The number of rotatable bonds is 4. The SMILES string of the molecule is CC(=O)Nc1cc(-c2cccc(CC(=O)O)c2)ccc1Cl. The molecule has 5 heteroatoms. The van der Waals surface area contributed by atoms with Crippen molar-refractivity contribution >= 4 is 29.2 Å². The summed E-state index contributed by atoms with van der Waals surface area (Å²) in [7, 11) is 0. The van der Waals surface area contributed by atoms with Crippen molar-refractivity contribution in [2.45, 2.75) is 13.3 Å². The number of amides is 1. The fourth-order valence-corrected chi connectivity index (χ4v) is 2.19. The van der Waals surface area contributed by atoms with Crippen LogP contribution >= 0.6 is 11.6 Å². The summed E-state index contributed by atoms with van der Waals surface area (Å²) in [4.78, 5) is 21.9. The lowest BCUT2D eigenvalue weighted by Crippen LogP contribution is -2.06. The molecule has 0 aliphatic carbocycles. The van der Waals surface area contributed by atoms with Gasteiger partial charge in [0.2, 0.25) is 5.91 Å². The van der Waals surface area contributed by atoms with Gasteiger partial charge in [0.25, 0.3) is 0 Å². The van der Waals surface area contributed by atoms with Gasteiger partial charge in [-0.3, -0.25) is 9.59 Å². The molecule has 2 aromatic carbocycles. The molecule has 0 spiro atoms. The Morgan fingerprint density at radius 3 is 2.52 bits per heavy atom. The fourth-order valence-electron chi connectivity index (χ4n) is 2.03. The molecule has 0 unspecified atom stereocenters. The summed E-state index contributed by atoms with van der Waals surface area (Å²) < 4.78 is 0. The molecule has 2 rings (SSSR count). The molecule has 0 fully saturated rings. The van der Waals surface area contributed by atoms with Gasteiger partial charge in [-0.25, -0.2) is 0 Å². The Kier molecular flexibility index (Phi) is 4.60. The molecular weight excluding hydrogens is 290 g/mol. The zero-order chi connectivity index (χ0) is 15.4. The van der Waals surface area contributed by atoms with E-state index in [1.807, 2.05) is 18.2 Å². The highest BCUT2D eigenvalue weighted by Gasteiger charge is 2.07. The van der Waals surface area contributed by atoms with Gasteiger partial charge in [-0.2, -0.15) is 0 Å². The van der Waals surface area contributed by atoms with Crippen LogP contribution in [-0.4, -0.2) is 17.0 Å². The highest BCUT2D eigenvalue weighted by atomic mass is 35.5. The third-order valence-electron chi connectivity index (χ3n) is 2.89. The molecule has 4 nitrogen and oxygen atoms in total. The van der Waals surface area contributed by atoms with Gasteiger partial charge in [0.1, 0.15) is 0 Å². The van der Waals surface area contributed by atoms with Gasteiger partial charge in [-0.15, -0.1) is 0 Å². The second-order valence-corrected chi connectivity index (χ2v) is 5.05. The van der Waals surface area contributed by atoms with Gasteiger partial charge in [0.05, 0.1) is 17.1 Å². The van der Waals surface area contributed by atoms with Crippen LogP contribution in [0.2, 0.25) is 5.02 Å². The Hall–Kier alpha value is -2.33. The molecule has 2 aromatic rings. The second-order valence-electron chi connectivity index (χ2n) is 4.65. The number of carboxylic acids is 1. The van der Waals surface area contributed by atoms with E-state index in [9.17, 15) is 9.59 Å². The van der Waals surface area contributed by atoms with Crippen LogP contribution in [-0.2, 0) is 16.0 Å².